The van der Waals surface area contributed by atoms with Crippen LogP contribution in [0.15, 0.2) is 30.5 Å². The van der Waals surface area contributed by atoms with Crippen molar-refractivity contribution in [2.45, 2.75) is 19.8 Å². The molecule has 1 aromatic heterocycles. The van der Waals surface area contributed by atoms with Gasteiger partial charge in [-0.1, -0.05) is 26.0 Å². The number of rotatable bonds is 4. The zero-order valence-corrected chi connectivity index (χ0v) is 10.7. The van der Waals surface area contributed by atoms with Crippen LogP contribution in [0.5, 0.6) is 11.6 Å². The fraction of sp³-hybridized carbons (Fsp3) is 0.231. The minimum Gasteiger partial charge on any atom is -0.436 e. The Kier molecular flexibility index (Phi) is 3.91. The van der Waals surface area contributed by atoms with Gasteiger partial charge in [0.25, 0.3) is 5.88 Å². The van der Waals surface area contributed by atoms with Crippen molar-refractivity contribution in [2.24, 2.45) is 5.84 Å². The van der Waals surface area contributed by atoms with E-state index in [9.17, 15) is 4.39 Å². The Bertz CT molecular complexity index is 574. The van der Waals surface area contributed by atoms with Gasteiger partial charge in [-0.2, -0.15) is 9.37 Å². The molecule has 0 spiro atoms. The predicted molar refractivity (Wildman–Crippen MR) is 70.4 cm³/mol. The summed E-state index contributed by atoms with van der Waals surface area (Å²) in [5.41, 5.74) is 3.34. The van der Waals surface area contributed by atoms with Crippen molar-refractivity contribution in [3.63, 3.8) is 0 Å². The fourth-order valence-corrected chi connectivity index (χ4v) is 1.54. The van der Waals surface area contributed by atoms with Crippen molar-refractivity contribution in [1.29, 1.82) is 0 Å². The van der Waals surface area contributed by atoms with Gasteiger partial charge < -0.3 is 4.74 Å². The molecule has 0 saturated heterocycles. The molecule has 5 nitrogen and oxygen atoms in total. The first-order chi connectivity index (χ1) is 9.10. The summed E-state index contributed by atoms with van der Waals surface area (Å²) in [6.45, 7) is 4.14. The van der Waals surface area contributed by atoms with Crippen molar-refractivity contribution in [2.75, 3.05) is 5.43 Å². The third-order valence-electron chi connectivity index (χ3n) is 2.58. The molecule has 1 aromatic carbocycles. The summed E-state index contributed by atoms with van der Waals surface area (Å²) in [6, 6.07) is 7.43. The van der Waals surface area contributed by atoms with Gasteiger partial charge in [0.15, 0.2) is 0 Å². The van der Waals surface area contributed by atoms with E-state index < -0.39 is 5.82 Å². The van der Waals surface area contributed by atoms with E-state index in [1.54, 1.807) is 6.07 Å². The number of nitrogens with zero attached hydrogens (tertiary/aromatic N) is 2. The van der Waals surface area contributed by atoms with E-state index in [0.29, 0.717) is 11.7 Å². The molecule has 6 heteroatoms. The molecule has 0 aliphatic heterocycles. The van der Waals surface area contributed by atoms with E-state index in [-0.39, 0.29) is 11.8 Å². The highest BCUT2D eigenvalue weighted by molar-refractivity contribution is 5.34. The van der Waals surface area contributed by atoms with Crippen molar-refractivity contribution in [3.8, 4) is 11.6 Å². The first-order valence-electron chi connectivity index (χ1n) is 5.87. The lowest BCUT2D eigenvalue weighted by molar-refractivity contribution is 0.420. The summed E-state index contributed by atoms with van der Waals surface area (Å²) in [5.74, 6) is 5.34. The van der Waals surface area contributed by atoms with Crippen molar-refractivity contribution in [3.05, 3.63) is 41.8 Å². The van der Waals surface area contributed by atoms with E-state index in [2.05, 4.69) is 29.2 Å². The summed E-state index contributed by atoms with van der Waals surface area (Å²) in [5, 5.41) is 0. The van der Waals surface area contributed by atoms with Crippen LogP contribution >= 0.6 is 0 Å². The second kappa shape index (κ2) is 5.62. The molecule has 2 aromatic rings. The van der Waals surface area contributed by atoms with Crippen LogP contribution in [0.1, 0.15) is 25.3 Å². The van der Waals surface area contributed by atoms with Gasteiger partial charge >= 0.3 is 0 Å². The van der Waals surface area contributed by atoms with Crippen LogP contribution in [0.3, 0.4) is 0 Å². The number of benzene rings is 1. The Hall–Kier alpha value is -2.21. The normalized spacial score (nSPS) is 10.6. The van der Waals surface area contributed by atoms with E-state index >= 15 is 0 Å². The maximum atomic E-state index is 13.5. The van der Waals surface area contributed by atoms with Crippen molar-refractivity contribution >= 4 is 5.95 Å². The SMILES string of the molecule is CC(C)c1cccc(Oc2nc(NN)ncc2F)c1. The molecule has 0 amide bonds. The lowest BCUT2D eigenvalue weighted by atomic mass is 10.0. The van der Waals surface area contributed by atoms with Gasteiger partial charge in [0, 0.05) is 0 Å². The number of nitrogens with one attached hydrogen (secondary N) is 1. The second-order valence-corrected chi connectivity index (χ2v) is 4.32. The Morgan fingerprint density at radius 1 is 1.37 bits per heavy atom. The van der Waals surface area contributed by atoms with Crippen LogP contribution in [0, 0.1) is 5.82 Å². The number of ether oxygens (including phenoxy) is 1. The monoisotopic (exact) mass is 262 g/mol. The van der Waals surface area contributed by atoms with Gasteiger partial charge in [0.05, 0.1) is 6.20 Å². The maximum absolute atomic E-state index is 13.5. The molecule has 19 heavy (non-hydrogen) atoms. The Balaban J connectivity index is 2.28. The van der Waals surface area contributed by atoms with Gasteiger partial charge in [0.1, 0.15) is 5.75 Å². The molecule has 0 radical (unpaired) electrons. The number of halogens is 1. The summed E-state index contributed by atoms with van der Waals surface area (Å²) >= 11 is 0. The molecule has 3 N–H and O–H groups in total. The molecule has 0 atom stereocenters. The molecule has 0 unspecified atom stereocenters. The van der Waals surface area contributed by atoms with Gasteiger partial charge in [-0.25, -0.2) is 10.8 Å². The van der Waals surface area contributed by atoms with Crippen molar-refractivity contribution in [1.82, 2.24) is 9.97 Å². The maximum Gasteiger partial charge on any atom is 0.260 e. The highest BCUT2D eigenvalue weighted by Gasteiger charge is 2.10. The molecule has 0 saturated carbocycles. The van der Waals surface area contributed by atoms with Crippen LogP contribution < -0.4 is 16.0 Å². The molecule has 0 aliphatic carbocycles. The van der Waals surface area contributed by atoms with Crippen LogP contribution in [0.25, 0.3) is 0 Å². The van der Waals surface area contributed by atoms with Crippen molar-refractivity contribution < 1.29 is 9.13 Å². The third kappa shape index (κ3) is 3.17. The Morgan fingerprint density at radius 2 is 2.16 bits per heavy atom. The largest absolute Gasteiger partial charge is 0.436 e. The summed E-state index contributed by atoms with van der Waals surface area (Å²) in [7, 11) is 0. The predicted octanol–water partition coefficient (Wildman–Crippen LogP) is 2.82. The van der Waals surface area contributed by atoms with Gasteiger partial charge in [-0.15, -0.1) is 0 Å². The van der Waals surface area contributed by atoms with E-state index in [1.165, 1.54) is 0 Å². The van der Waals surface area contributed by atoms with Crippen LogP contribution in [-0.2, 0) is 0 Å². The summed E-state index contributed by atoms with van der Waals surface area (Å²) in [4.78, 5) is 7.46. The second-order valence-electron chi connectivity index (χ2n) is 4.32. The van der Waals surface area contributed by atoms with E-state index in [4.69, 9.17) is 10.6 Å². The van der Waals surface area contributed by atoms with Crippen LogP contribution in [-0.4, -0.2) is 9.97 Å². The highest BCUT2D eigenvalue weighted by atomic mass is 19.1. The number of hydrazine groups is 1. The van der Waals surface area contributed by atoms with Gasteiger partial charge in [-0.3, -0.25) is 5.43 Å². The molecule has 100 valence electrons. The smallest absolute Gasteiger partial charge is 0.260 e. The lowest BCUT2D eigenvalue weighted by Crippen LogP contribution is -2.11. The van der Waals surface area contributed by atoms with Gasteiger partial charge in [-0.05, 0) is 23.6 Å². The highest BCUT2D eigenvalue weighted by Crippen LogP contribution is 2.25. The van der Waals surface area contributed by atoms with Crippen LogP contribution in [0.2, 0.25) is 0 Å². The lowest BCUT2D eigenvalue weighted by Gasteiger charge is -2.10. The quantitative estimate of drug-likeness (QED) is 0.654. The summed E-state index contributed by atoms with van der Waals surface area (Å²) < 4.78 is 19.0. The third-order valence-corrected chi connectivity index (χ3v) is 2.58. The number of nitrogen functional groups attached to an aromatic ring is 1. The molecule has 0 fully saturated rings. The average molecular weight is 262 g/mol. The zero-order valence-electron chi connectivity index (χ0n) is 10.7. The minimum atomic E-state index is -0.644. The number of hydrogen-bond acceptors (Lipinski definition) is 5. The fourth-order valence-electron chi connectivity index (χ4n) is 1.54. The first-order valence-corrected chi connectivity index (χ1v) is 5.87. The first kappa shape index (κ1) is 13.2. The van der Waals surface area contributed by atoms with Gasteiger partial charge in [0.2, 0.25) is 11.8 Å². The van der Waals surface area contributed by atoms with Crippen LogP contribution in [0.4, 0.5) is 10.3 Å². The molecular weight excluding hydrogens is 247 g/mol. The molecule has 2 rings (SSSR count). The number of anilines is 1. The van der Waals surface area contributed by atoms with E-state index in [1.807, 2.05) is 18.2 Å². The Morgan fingerprint density at radius 3 is 2.84 bits per heavy atom. The molecule has 1 heterocycles. The molecular formula is C13H15FN4O. The molecule has 0 aliphatic rings. The molecule has 0 bridgehead atoms. The topological polar surface area (TPSA) is 73.1 Å². The zero-order chi connectivity index (χ0) is 13.8. The average Bonchev–Trinajstić information content (AvgIpc) is 2.41. The Labute approximate surface area is 110 Å². The summed E-state index contributed by atoms with van der Waals surface area (Å²) in [6.07, 6.45) is 1.00. The number of nitrogens with two attached hydrogens (primary N) is 1. The van der Waals surface area contributed by atoms with E-state index in [0.717, 1.165) is 11.8 Å². The standard InChI is InChI=1S/C13H15FN4O/c1-8(2)9-4-3-5-10(6-9)19-12-11(14)7-16-13(17-12)18-15/h3-8H,15H2,1-2H3,(H,16,17,18). The number of aromatic nitrogens is 2. The minimum absolute atomic E-state index is 0.0939. The number of hydrogen-bond donors (Lipinski definition) is 2.